The molecule has 0 amide bonds. The van der Waals surface area contributed by atoms with Crippen LogP contribution in [0.4, 0.5) is 20.3 Å². The highest BCUT2D eigenvalue weighted by molar-refractivity contribution is 6.31. The summed E-state index contributed by atoms with van der Waals surface area (Å²) in [4.78, 5) is 10.3. The standard InChI is InChI=1S/C21H13Cl2F2N3/c22-14-2-1-3-16(10-14)28(19-7-4-15(23)11-27-19)12-13-8-9-26-21-17(13)5-6-18(24)20(21)25/h1-11H,12H2. The maximum Gasteiger partial charge on any atom is 0.184 e. The highest BCUT2D eigenvalue weighted by Crippen LogP contribution is 2.31. The van der Waals surface area contributed by atoms with E-state index in [1.165, 1.54) is 12.3 Å². The molecule has 2 aromatic heterocycles. The first-order chi connectivity index (χ1) is 13.5. The molecule has 0 N–H and O–H groups in total. The lowest BCUT2D eigenvalue weighted by Crippen LogP contribution is -2.18. The number of aromatic nitrogens is 2. The van der Waals surface area contributed by atoms with E-state index in [-0.39, 0.29) is 5.52 Å². The van der Waals surface area contributed by atoms with E-state index in [1.54, 1.807) is 30.5 Å². The number of fused-ring (bicyclic) bond motifs is 1. The number of halogens is 4. The number of nitrogens with zero attached hydrogens (tertiary/aromatic N) is 3. The van der Waals surface area contributed by atoms with Gasteiger partial charge in [0.1, 0.15) is 11.3 Å². The van der Waals surface area contributed by atoms with Crippen molar-refractivity contribution in [1.82, 2.24) is 9.97 Å². The van der Waals surface area contributed by atoms with Crippen molar-refractivity contribution >= 4 is 45.6 Å². The molecule has 2 heterocycles. The molecule has 4 aromatic rings. The summed E-state index contributed by atoms with van der Waals surface area (Å²) in [6, 6.07) is 15.2. The Kier molecular flexibility index (Phi) is 5.11. The zero-order valence-corrected chi connectivity index (χ0v) is 15.9. The second-order valence-corrected chi connectivity index (χ2v) is 7.00. The average molecular weight is 416 g/mol. The quantitative estimate of drug-likeness (QED) is 0.378. The Hall–Kier alpha value is -2.76. The van der Waals surface area contributed by atoms with Gasteiger partial charge < -0.3 is 4.90 Å². The fourth-order valence-electron chi connectivity index (χ4n) is 3.00. The van der Waals surface area contributed by atoms with E-state index in [0.717, 1.165) is 17.3 Å². The van der Waals surface area contributed by atoms with Crippen molar-refractivity contribution in [2.24, 2.45) is 0 Å². The number of rotatable bonds is 4. The first-order valence-corrected chi connectivity index (χ1v) is 9.15. The van der Waals surface area contributed by atoms with Gasteiger partial charge in [-0.15, -0.1) is 0 Å². The minimum atomic E-state index is -0.960. The van der Waals surface area contributed by atoms with E-state index in [9.17, 15) is 8.78 Å². The minimum absolute atomic E-state index is 0.00684. The molecular weight excluding hydrogens is 403 g/mol. The van der Waals surface area contributed by atoms with Crippen LogP contribution in [0, 0.1) is 11.6 Å². The summed E-state index contributed by atoms with van der Waals surface area (Å²) in [7, 11) is 0. The van der Waals surface area contributed by atoms with Crippen LogP contribution >= 0.6 is 23.2 Å². The van der Waals surface area contributed by atoms with E-state index in [0.29, 0.717) is 27.8 Å². The lowest BCUT2D eigenvalue weighted by molar-refractivity contribution is 0.515. The number of hydrogen-bond acceptors (Lipinski definition) is 3. The zero-order valence-electron chi connectivity index (χ0n) is 14.4. The molecule has 140 valence electrons. The van der Waals surface area contributed by atoms with Crippen LogP contribution in [0.3, 0.4) is 0 Å². The molecule has 2 aromatic carbocycles. The molecule has 0 aliphatic rings. The summed E-state index contributed by atoms with van der Waals surface area (Å²) in [5.41, 5.74) is 1.56. The van der Waals surface area contributed by atoms with Crippen molar-refractivity contribution in [1.29, 1.82) is 0 Å². The van der Waals surface area contributed by atoms with E-state index >= 15 is 0 Å². The van der Waals surface area contributed by atoms with Crippen LogP contribution in [0.25, 0.3) is 10.9 Å². The van der Waals surface area contributed by atoms with E-state index in [2.05, 4.69) is 9.97 Å². The summed E-state index contributed by atoms with van der Waals surface area (Å²) < 4.78 is 27.8. The van der Waals surface area contributed by atoms with E-state index < -0.39 is 11.6 Å². The molecule has 0 aliphatic heterocycles. The number of pyridine rings is 2. The van der Waals surface area contributed by atoms with Crippen molar-refractivity contribution < 1.29 is 8.78 Å². The SMILES string of the molecule is Fc1ccc2c(CN(c3cccc(Cl)c3)c3ccc(Cl)cn3)ccnc2c1F. The second-order valence-electron chi connectivity index (χ2n) is 6.13. The Morgan fingerprint density at radius 2 is 1.75 bits per heavy atom. The summed E-state index contributed by atoms with van der Waals surface area (Å²) >= 11 is 12.1. The fraction of sp³-hybridized carbons (Fsp3) is 0.0476. The van der Waals surface area contributed by atoms with Crippen LogP contribution in [0.5, 0.6) is 0 Å². The van der Waals surface area contributed by atoms with Gasteiger partial charge in [0.25, 0.3) is 0 Å². The summed E-state index contributed by atoms with van der Waals surface area (Å²) in [6.07, 6.45) is 3.01. The number of anilines is 2. The van der Waals surface area contributed by atoms with Crippen LogP contribution in [0.1, 0.15) is 5.56 Å². The molecular formula is C21H13Cl2F2N3. The van der Waals surface area contributed by atoms with Crippen molar-refractivity contribution in [3.63, 3.8) is 0 Å². The lowest BCUT2D eigenvalue weighted by atomic mass is 10.1. The third-order valence-electron chi connectivity index (χ3n) is 4.33. The molecule has 3 nitrogen and oxygen atoms in total. The Morgan fingerprint density at radius 3 is 2.50 bits per heavy atom. The van der Waals surface area contributed by atoms with Crippen LogP contribution in [0.15, 0.2) is 67.0 Å². The maximum atomic E-state index is 14.2. The molecule has 0 saturated heterocycles. The van der Waals surface area contributed by atoms with Crippen molar-refractivity contribution in [2.75, 3.05) is 4.90 Å². The molecule has 0 aliphatic carbocycles. The molecule has 0 fully saturated rings. The lowest BCUT2D eigenvalue weighted by Gasteiger charge is -2.25. The Labute approximate surface area is 170 Å². The van der Waals surface area contributed by atoms with Crippen LogP contribution in [0.2, 0.25) is 10.0 Å². The smallest absolute Gasteiger partial charge is 0.184 e. The monoisotopic (exact) mass is 415 g/mol. The van der Waals surface area contributed by atoms with Crippen molar-refractivity contribution in [2.45, 2.75) is 6.54 Å². The predicted molar refractivity (Wildman–Crippen MR) is 108 cm³/mol. The molecule has 7 heteroatoms. The normalized spacial score (nSPS) is 11.0. The molecule has 0 radical (unpaired) electrons. The van der Waals surface area contributed by atoms with Gasteiger partial charge in [0.15, 0.2) is 11.6 Å². The molecule has 28 heavy (non-hydrogen) atoms. The van der Waals surface area contributed by atoms with Crippen molar-refractivity contribution in [3.8, 4) is 0 Å². The van der Waals surface area contributed by atoms with Gasteiger partial charge in [-0.2, -0.15) is 0 Å². The van der Waals surface area contributed by atoms with Gasteiger partial charge in [0.2, 0.25) is 0 Å². The van der Waals surface area contributed by atoms with E-state index in [4.69, 9.17) is 23.2 Å². The molecule has 4 rings (SSSR count). The van der Waals surface area contributed by atoms with Crippen LogP contribution in [-0.2, 0) is 6.54 Å². The Bertz CT molecular complexity index is 1150. The molecule has 0 saturated carbocycles. The Morgan fingerprint density at radius 1 is 0.893 bits per heavy atom. The summed E-state index contributed by atoms with van der Waals surface area (Å²) in [5.74, 6) is -1.25. The zero-order chi connectivity index (χ0) is 19.7. The highest BCUT2D eigenvalue weighted by atomic mass is 35.5. The first kappa shape index (κ1) is 18.6. The predicted octanol–water partition coefficient (Wildman–Crippen LogP) is 6.55. The molecule has 0 bridgehead atoms. The molecule has 0 atom stereocenters. The van der Waals surface area contributed by atoms with E-state index in [1.807, 2.05) is 23.1 Å². The fourth-order valence-corrected chi connectivity index (χ4v) is 3.30. The highest BCUT2D eigenvalue weighted by Gasteiger charge is 2.16. The molecule has 0 unspecified atom stereocenters. The van der Waals surface area contributed by atoms with Gasteiger partial charge in [0, 0.05) is 28.5 Å². The van der Waals surface area contributed by atoms with Gasteiger partial charge in [-0.05, 0) is 54.1 Å². The summed E-state index contributed by atoms with van der Waals surface area (Å²) in [6.45, 7) is 0.346. The van der Waals surface area contributed by atoms with Crippen molar-refractivity contribution in [3.05, 3.63) is 94.2 Å². The minimum Gasteiger partial charge on any atom is -0.322 e. The summed E-state index contributed by atoms with van der Waals surface area (Å²) in [5, 5.41) is 1.62. The second kappa shape index (κ2) is 7.70. The van der Waals surface area contributed by atoms with Gasteiger partial charge >= 0.3 is 0 Å². The third-order valence-corrected chi connectivity index (χ3v) is 4.79. The van der Waals surface area contributed by atoms with Gasteiger partial charge in [-0.25, -0.2) is 13.8 Å². The molecule has 0 spiro atoms. The number of benzene rings is 2. The van der Waals surface area contributed by atoms with Crippen LogP contribution < -0.4 is 4.90 Å². The largest absolute Gasteiger partial charge is 0.322 e. The average Bonchev–Trinajstić information content (AvgIpc) is 2.70. The van der Waals surface area contributed by atoms with Gasteiger partial charge in [-0.3, -0.25) is 4.98 Å². The maximum absolute atomic E-state index is 14.2. The van der Waals surface area contributed by atoms with Gasteiger partial charge in [0.05, 0.1) is 11.6 Å². The van der Waals surface area contributed by atoms with Gasteiger partial charge in [-0.1, -0.05) is 29.3 Å². The third kappa shape index (κ3) is 3.63. The Balaban J connectivity index is 1.83. The van der Waals surface area contributed by atoms with Crippen LogP contribution in [-0.4, -0.2) is 9.97 Å². The number of hydrogen-bond donors (Lipinski definition) is 0. The topological polar surface area (TPSA) is 29.0 Å². The first-order valence-electron chi connectivity index (χ1n) is 8.39.